The SMILES string of the molecule is C/C=C1\C=C/CCc2cc([S+]3CCOCC3)ccc2C1. The molecule has 0 atom stereocenters. The van der Waals surface area contributed by atoms with E-state index in [0.29, 0.717) is 10.9 Å². The van der Waals surface area contributed by atoms with Gasteiger partial charge in [-0.05, 0) is 55.0 Å². The maximum absolute atomic E-state index is 5.49. The molecular weight excluding hydrogens is 264 g/mol. The first-order valence-corrected chi connectivity index (χ1v) is 9.12. The van der Waals surface area contributed by atoms with Crippen LogP contribution in [0, 0.1) is 0 Å². The molecule has 1 aliphatic carbocycles. The average molecular weight is 287 g/mol. The molecule has 0 N–H and O–H groups in total. The van der Waals surface area contributed by atoms with Crippen molar-refractivity contribution in [3.8, 4) is 0 Å². The molecule has 1 saturated heterocycles. The van der Waals surface area contributed by atoms with E-state index in [0.717, 1.165) is 26.1 Å². The molecule has 1 fully saturated rings. The van der Waals surface area contributed by atoms with Crippen molar-refractivity contribution in [1.82, 2.24) is 0 Å². The predicted octanol–water partition coefficient (Wildman–Crippen LogP) is 3.69. The van der Waals surface area contributed by atoms with Crippen molar-refractivity contribution in [2.24, 2.45) is 0 Å². The molecule has 2 heteroatoms. The molecule has 0 unspecified atom stereocenters. The average Bonchev–Trinajstić information content (AvgIpc) is 2.49. The van der Waals surface area contributed by atoms with E-state index in [-0.39, 0.29) is 0 Å². The smallest absolute Gasteiger partial charge is 0.155 e. The summed E-state index contributed by atoms with van der Waals surface area (Å²) >= 11 is 0. The molecule has 0 aromatic heterocycles. The quantitative estimate of drug-likeness (QED) is 0.716. The van der Waals surface area contributed by atoms with Crippen molar-refractivity contribution < 1.29 is 4.74 Å². The van der Waals surface area contributed by atoms with Crippen molar-refractivity contribution in [3.63, 3.8) is 0 Å². The van der Waals surface area contributed by atoms with E-state index in [1.165, 1.54) is 29.1 Å². The number of hydrogen-bond acceptors (Lipinski definition) is 1. The van der Waals surface area contributed by atoms with Gasteiger partial charge in [0, 0.05) is 10.9 Å². The molecule has 1 aromatic carbocycles. The van der Waals surface area contributed by atoms with Gasteiger partial charge in [0.05, 0.1) is 13.2 Å². The van der Waals surface area contributed by atoms with Gasteiger partial charge in [-0.1, -0.05) is 24.3 Å². The van der Waals surface area contributed by atoms with E-state index >= 15 is 0 Å². The van der Waals surface area contributed by atoms with Crippen LogP contribution in [0.5, 0.6) is 0 Å². The highest BCUT2D eigenvalue weighted by Crippen LogP contribution is 2.25. The number of aryl methyl sites for hydroxylation is 1. The normalized spacial score (nSPS) is 23.9. The van der Waals surface area contributed by atoms with Crippen LogP contribution in [0.25, 0.3) is 0 Å². The lowest BCUT2D eigenvalue weighted by atomic mass is 9.94. The van der Waals surface area contributed by atoms with Crippen LogP contribution in [0.2, 0.25) is 0 Å². The van der Waals surface area contributed by atoms with Crippen LogP contribution in [-0.4, -0.2) is 24.7 Å². The number of allylic oxidation sites excluding steroid dienone is 4. The van der Waals surface area contributed by atoms with E-state index in [1.54, 1.807) is 10.5 Å². The van der Waals surface area contributed by atoms with E-state index < -0.39 is 0 Å². The second-order valence-electron chi connectivity index (χ2n) is 5.43. The third kappa shape index (κ3) is 3.18. The first kappa shape index (κ1) is 14.0. The Morgan fingerprint density at radius 2 is 2.00 bits per heavy atom. The summed E-state index contributed by atoms with van der Waals surface area (Å²) in [4.78, 5) is 1.55. The fraction of sp³-hybridized carbons (Fsp3) is 0.444. The van der Waals surface area contributed by atoms with Gasteiger partial charge >= 0.3 is 0 Å². The standard InChI is InChI=1S/C18H23OS/c1-2-15-5-3-4-6-16-14-18(8-7-17(16)13-15)20-11-9-19-10-12-20/h2-3,5,7-8,14H,4,6,9-13H2,1H3/q+1/b5-3-,15-2+. The molecule has 0 saturated carbocycles. The van der Waals surface area contributed by atoms with Crippen LogP contribution >= 0.6 is 0 Å². The number of rotatable bonds is 1. The molecule has 106 valence electrons. The summed E-state index contributed by atoms with van der Waals surface area (Å²) in [6, 6.07) is 7.22. The van der Waals surface area contributed by atoms with Gasteiger partial charge in [-0.2, -0.15) is 0 Å². The molecule has 1 heterocycles. The van der Waals surface area contributed by atoms with Crippen molar-refractivity contribution in [1.29, 1.82) is 0 Å². The van der Waals surface area contributed by atoms with Crippen molar-refractivity contribution in [2.45, 2.75) is 31.1 Å². The third-order valence-corrected chi connectivity index (χ3v) is 6.38. The van der Waals surface area contributed by atoms with Crippen LogP contribution < -0.4 is 0 Å². The number of benzene rings is 1. The van der Waals surface area contributed by atoms with Crippen LogP contribution in [0.1, 0.15) is 24.5 Å². The second kappa shape index (κ2) is 6.64. The number of ether oxygens (including phenoxy) is 1. The minimum absolute atomic E-state index is 0.416. The van der Waals surface area contributed by atoms with Gasteiger partial charge in [0.2, 0.25) is 0 Å². The molecule has 2 aliphatic rings. The molecule has 0 radical (unpaired) electrons. The minimum atomic E-state index is 0.416. The Bertz CT molecular complexity index is 524. The van der Waals surface area contributed by atoms with Gasteiger partial charge in [-0.3, -0.25) is 0 Å². The third-order valence-electron chi connectivity index (χ3n) is 4.14. The van der Waals surface area contributed by atoms with Crippen molar-refractivity contribution in [3.05, 3.63) is 53.1 Å². The van der Waals surface area contributed by atoms with Gasteiger partial charge in [0.15, 0.2) is 4.90 Å². The lowest BCUT2D eigenvalue weighted by Gasteiger charge is -2.17. The summed E-state index contributed by atoms with van der Waals surface area (Å²) in [7, 11) is 0.416. The van der Waals surface area contributed by atoms with Crippen LogP contribution in [0.15, 0.2) is 46.9 Å². The Kier molecular flexibility index (Phi) is 4.64. The number of fused-ring (bicyclic) bond motifs is 1. The fourth-order valence-electron chi connectivity index (χ4n) is 2.90. The molecule has 0 bridgehead atoms. The minimum Gasteiger partial charge on any atom is -0.372 e. The molecule has 1 nitrogen and oxygen atoms in total. The highest BCUT2D eigenvalue weighted by molar-refractivity contribution is 7.97. The summed E-state index contributed by atoms with van der Waals surface area (Å²) in [6.07, 6.45) is 10.3. The highest BCUT2D eigenvalue weighted by atomic mass is 32.2. The van der Waals surface area contributed by atoms with Crippen LogP contribution in [0.3, 0.4) is 0 Å². The molecule has 1 aromatic rings. The highest BCUT2D eigenvalue weighted by Gasteiger charge is 2.26. The second-order valence-corrected chi connectivity index (χ2v) is 7.70. The maximum Gasteiger partial charge on any atom is 0.155 e. The maximum atomic E-state index is 5.49. The molecule has 0 spiro atoms. The van der Waals surface area contributed by atoms with Gasteiger partial charge < -0.3 is 4.74 Å². The Hall–Kier alpha value is -0.990. The van der Waals surface area contributed by atoms with E-state index in [9.17, 15) is 0 Å². The Labute approximate surface area is 125 Å². The van der Waals surface area contributed by atoms with Crippen molar-refractivity contribution in [2.75, 3.05) is 24.7 Å². The summed E-state index contributed by atoms with van der Waals surface area (Å²) in [6.45, 7) is 4.01. The topological polar surface area (TPSA) is 9.23 Å². The largest absolute Gasteiger partial charge is 0.372 e. The zero-order valence-electron chi connectivity index (χ0n) is 12.2. The zero-order chi connectivity index (χ0) is 13.8. The van der Waals surface area contributed by atoms with Crippen LogP contribution in [0.4, 0.5) is 0 Å². The number of hydrogen-bond donors (Lipinski definition) is 0. The Morgan fingerprint density at radius 3 is 2.80 bits per heavy atom. The Morgan fingerprint density at radius 1 is 1.15 bits per heavy atom. The van der Waals surface area contributed by atoms with E-state index in [2.05, 4.69) is 43.4 Å². The summed E-state index contributed by atoms with van der Waals surface area (Å²) < 4.78 is 5.49. The van der Waals surface area contributed by atoms with Crippen LogP contribution in [-0.2, 0) is 28.5 Å². The molecule has 20 heavy (non-hydrogen) atoms. The molecule has 0 amide bonds. The van der Waals surface area contributed by atoms with Crippen molar-refractivity contribution >= 4 is 10.9 Å². The zero-order valence-corrected chi connectivity index (χ0v) is 13.0. The van der Waals surface area contributed by atoms with E-state index in [1.807, 2.05) is 0 Å². The van der Waals surface area contributed by atoms with Gasteiger partial charge in [-0.25, -0.2) is 0 Å². The Balaban J connectivity index is 1.86. The first-order valence-electron chi connectivity index (χ1n) is 7.55. The van der Waals surface area contributed by atoms with Gasteiger partial charge in [-0.15, -0.1) is 0 Å². The molecule has 1 aliphatic heterocycles. The van der Waals surface area contributed by atoms with Gasteiger partial charge in [0.1, 0.15) is 11.5 Å². The fourth-order valence-corrected chi connectivity index (χ4v) is 4.78. The first-order chi connectivity index (χ1) is 9.86. The lowest BCUT2D eigenvalue weighted by Crippen LogP contribution is -2.26. The molecule has 3 rings (SSSR count). The predicted molar refractivity (Wildman–Crippen MR) is 87.5 cm³/mol. The molecular formula is C18H23OS+. The lowest BCUT2D eigenvalue weighted by molar-refractivity contribution is 0.159. The summed E-state index contributed by atoms with van der Waals surface area (Å²) in [5.74, 6) is 2.41. The monoisotopic (exact) mass is 287 g/mol. The van der Waals surface area contributed by atoms with Gasteiger partial charge in [0.25, 0.3) is 0 Å². The van der Waals surface area contributed by atoms with E-state index in [4.69, 9.17) is 4.74 Å². The summed E-state index contributed by atoms with van der Waals surface area (Å²) in [5.41, 5.74) is 4.51. The summed E-state index contributed by atoms with van der Waals surface area (Å²) in [5, 5.41) is 0.